The largest absolute Gasteiger partial charge is 0.414 e. The molecule has 0 aromatic heterocycles. The smallest absolute Gasteiger partial charge is 0.249 e. The molecule has 0 N–H and O–H groups in total. The Morgan fingerprint density at radius 3 is 2.42 bits per heavy atom. The molecule has 0 spiro atoms. The number of hydroxylamine groups is 2. The third-order valence-electron chi connectivity index (χ3n) is 4.37. The van der Waals surface area contributed by atoms with Crippen LogP contribution in [0.2, 0.25) is 18.1 Å². The summed E-state index contributed by atoms with van der Waals surface area (Å²) >= 11 is 0. The summed E-state index contributed by atoms with van der Waals surface area (Å²) in [6.45, 7) is 15.9. The second-order valence-corrected chi connectivity index (χ2v) is 12.1. The van der Waals surface area contributed by atoms with Crippen molar-refractivity contribution in [3.05, 3.63) is 24.8 Å². The highest BCUT2D eigenvalue weighted by Crippen LogP contribution is 2.36. The molecule has 0 rings (SSSR count). The van der Waals surface area contributed by atoms with Gasteiger partial charge in [0.1, 0.15) is 0 Å². The maximum absolute atomic E-state index is 11.6. The molecular formula is C18H35NO4Si. The molecule has 0 aliphatic heterocycles. The molecular weight excluding hydrogens is 322 g/mol. The van der Waals surface area contributed by atoms with E-state index in [9.17, 15) is 4.79 Å². The third-order valence-corrected chi connectivity index (χ3v) is 8.87. The summed E-state index contributed by atoms with van der Waals surface area (Å²) in [5, 5.41) is 1.39. The monoisotopic (exact) mass is 357 g/mol. The number of ether oxygens (including phenoxy) is 1. The lowest BCUT2D eigenvalue weighted by atomic mass is 10.2. The Kier molecular flexibility index (Phi) is 10.4. The van der Waals surface area contributed by atoms with Crippen molar-refractivity contribution in [3.63, 3.8) is 0 Å². The van der Waals surface area contributed by atoms with Gasteiger partial charge in [-0.05, 0) is 24.6 Å². The molecule has 0 aliphatic rings. The Bertz CT molecular complexity index is 416. The molecule has 5 nitrogen and oxygen atoms in total. The molecule has 1 amide bonds. The van der Waals surface area contributed by atoms with E-state index in [0.29, 0.717) is 26.1 Å². The Morgan fingerprint density at radius 2 is 1.92 bits per heavy atom. The molecule has 0 bridgehead atoms. The molecule has 0 fully saturated rings. The van der Waals surface area contributed by atoms with E-state index in [-0.39, 0.29) is 17.0 Å². The molecule has 0 saturated heterocycles. The molecule has 0 aromatic rings. The standard InChI is InChI=1S/C18H35NO4Si/c1-9-14-22-16(15-23-24(7,8)18(2,3)4)12-10-11-13-17(20)19(5)21-6/h9-11,16H,1,12-15H2,2-8H3/b11-10-/t16-/m1/s1. The van der Waals surface area contributed by atoms with Gasteiger partial charge in [-0.25, -0.2) is 5.06 Å². The zero-order valence-electron chi connectivity index (χ0n) is 16.4. The first-order valence-electron chi connectivity index (χ1n) is 8.37. The molecule has 0 aliphatic carbocycles. The molecule has 0 aromatic carbocycles. The van der Waals surface area contributed by atoms with Gasteiger partial charge in [0, 0.05) is 13.5 Å². The quantitative estimate of drug-likeness (QED) is 0.319. The van der Waals surface area contributed by atoms with E-state index in [0.717, 1.165) is 0 Å². The van der Waals surface area contributed by atoms with Crippen molar-refractivity contribution in [2.24, 2.45) is 0 Å². The molecule has 0 heterocycles. The van der Waals surface area contributed by atoms with Gasteiger partial charge in [-0.15, -0.1) is 6.58 Å². The van der Waals surface area contributed by atoms with Crippen LogP contribution in [-0.4, -0.2) is 52.8 Å². The first-order valence-corrected chi connectivity index (χ1v) is 11.3. The van der Waals surface area contributed by atoms with Crippen LogP contribution in [0.15, 0.2) is 24.8 Å². The van der Waals surface area contributed by atoms with Crippen molar-refractivity contribution < 1.29 is 18.8 Å². The summed E-state index contributed by atoms with van der Waals surface area (Å²) < 4.78 is 12.0. The Labute approximate surface area is 148 Å². The maximum Gasteiger partial charge on any atom is 0.249 e. The summed E-state index contributed by atoms with van der Waals surface area (Å²) in [6.07, 6.45) is 6.51. The van der Waals surface area contributed by atoms with Gasteiger partial charge in [0.2, 0.25) is 5.91 Å². The first kappa shape index (κ1) is 23.0. The number of hydrogen-bond acceptors (Lipinski definition) is 4. The normalized spacial score (nSPS) is 14.0. The highest BCUT2D eigenvalue weighted by molar-refractivity contribution is 6.74. The zero-order valence-corrected chi connectivity index (χ0v) is 17.4. The zero-order chi connectivity index (χ0) is 18.8. The van der Waals surface area contributed by atoms with Gasteiger partial charge in [-0.3, -0.25) is 9.63 Å². The van der Waals surface area contributed by atoms with Crippen LogP contribution < -0.4 is 0 Å². The van der Waals surface area contributed by atoms with Crippen molar-refractivity contribution in [1.82, 2.24) is 5.06 Å². The molecule has 0 radical (unpaired) electrons. The second-order valence-electron chi connectivity index (χ2n) is 7.30. The van der Waals surface area contributed by atoms with Crippen LogP contribution in [-0.2, 0) is 18.8 Å². The van der Waals surface area contributed by atoms with Crippen LogP contribution in [0.1, 0.15) is 33.6 Å². The molecule has 6 heteroatoms. The lowest BCUT2D eigenvalue weighted by molar-refractivity contribution is -0.167. The van der Waals surface area contributed by atoms with Crippen LogP contribution in [0, 0.1) is 0 Å². The maximum atomic E-state index is 11.6. The van der Waals surface area contributed by atoms with Gasteiger partial charge in [0.05, 0.1) is 26.4 Å². The van der Waals surface area contributed by atoms with E-state index in [2.05, 4.69) is 40.4 Å². The minimum absolute atomic E-state index is 0.0383. The number of hydrogen-bond donors (Lipinski definition) is 0. The number of amides is 1. The fourth-order valence-electron chi connectivity index (χ4n) is 1.57. The van der Waals surface area contributed by atoms with Crippen LogP contribution in [0.25, 0.3) is 0 Å². The van der Waals surface area contributed by atoms with Gasteiger partial charge in [-0.1, -0.05) is 39.0 Å². The van der Waals surface area contributed by atoms with Crippen LogP contribution >= 0.6 is 0 Å². The fraction of sp³-hybridized carbons (Fsp3) is 0.722. The summed E-state index contributed by atoms with van der Waals surface area (Å²) in [5.74, 6) is -0.0881. The van der Waals surface area contributed by atoms with Gasteiger partial charge in [-0.2, -0.15) is 0 Å². The summed E-state index contributed by atoms with van der Waals surface area (Å²) in [6, 6.07) is 0. The molecule has 1 atom stereocenters. The van der Waals surface area contributed by atoms with E-state index >= 15 is 0 Å². The summed E-state index contributed by atoms with van der Waals surface area (Å²) in [4.78, 5) is 16.5. The van der Waals surface area contributed by atoms with Crippen molar-refractivity contribution in [2.75, 3.05) is 27.4 Å². The minimum Gasteiger partial charge on any atom is -0.414 e. The van der Waals surface area contributed by atoms with Crippen molar-refractivity contribution in [3.8, 4) is 0 Å². The predicted molar refractivity (Wildman–Crippen MR) is 101 cm³/mol. The van der Waals surface area contributed by atoms with Crippen molar-refractivity contribution in [2.45, 2.75) is 57.8 Å². The van der Waals surface area contributed by atoms with E-state index < -0.39 is 8.32 Å². The predicted octanol–water partition coefficient (Wildman–Crippen LogP) is 3.94. The SMILES string of the molecule is C=CCO[C@H](C/C=C\CC(=O)N(C)OC)CO[Si](C)(C)C(C)(C)C. The molecule has 24 heavy (non-hydrogen) atoms. The fourth-order valence-corrected chi connectivity index (χ4v) is 2.60. The lowest BCUT2D eigenvalue weighted by Crippen LogP contribution is -2.43. The van der Waals surface area contributed by atoms with Crippen molar-refractivity contribution >= 4 is 14.2 Å². The highest BCUT2D eigenvalue weighted by Gasteiger charge is 2.37. The molecule has 0 unspecified atom stereocenters. The molecule has 140 valence electrons. The van der Waals surface area contributed by atoms with E-state index in [1.165, 1.54) is 12.2 Å². The topological polar surface area (TPSA) is 48.0 Å². The summed E-state index contributed by atoms with van der Waals surface area (Å²) in [7, 11) is 1.27. The first-order chi connectivity index (χ1) is 11.0. The third kappa shape index (κ3) is 8.77. The minimum atomic E-state index is -1.80. The van der Waals surface area contributed by atoms with Crippen LogP contribution in [0.5, 0.6) is 0 Å². The van der Waals surface area contributed by atoms with Crippen LogP contribution in [0.3, 0.4) is 0 Å². The Balaban J connectivity index is 4.52. The average molecular weight is 358 g/mol. The number of rotatable bonds is 11. The van der Waals surface area contributed by atoms with Gasteiger partial charge in [0.15, 0.2) is 8.32 Å². The Morgan fingerprint density at radius 1 is 1.29 bits per heavy atom. The average Bonchev–Trinajstić information content (AvgIpc) is 2.50. The van der Waals surface area contributed by atoms with E-state index in [1.54, 1.807) is 13.1 Å². The lowest BCUT2D eigenvalue weighted by Gasteiger charge is -2.37. The van der Waals surface area contributed by atoms with Crippen molar-refractivity contribution in [1.29, 1.82) is 0 Å². The second kappa shape index (κ2) is 10.8. The van der Waals surface area contributed by atoms with E-state index in [1.807, 2.05) is 12.2 Å². The summed E-state index contributed by atoms with van der Waals surface area (Å²) in [5.41, 5.74) is 0. The highest BCUT2D eigenvalue weighted by atomic mass is 28.4. The number of nitrogens with zero attached hydrogens (tertiary/aromatic N) is 1. The number of carbonyl (C=O) groups is 1. The Hall–Kier alpha value is -0.953. The van der Waals surface area contributed by atoms with Crippen LogP contribution in [0.4, 0.5) is 0 Å². The number of carbonyl (C=O) groups excluding carboxylic acids is 1. The van der Waals surface area contributed by atoms with Gasteiger partial charge < -0.3 is 9.16 Å². The van der Waals surface area contributed by atoms with E-state index in [4.69, 9.17) is 14.0 Å². The van der Waals surface area contributed by atoms with Gasteiger partial charge >= 0.3 is 0 Å². The van der Waals surface area contributed by atoms with Gasteiger partial charge in [0.25, 0.3) is 0 Å². The molecule has 0 saturated carbocycles.